The first-order valence-electron chi connectivity index (χ1n) is 9.66. The van der Waals surface area contributed by atoms with E-state index in [-0.39, 0.29) is 12.3 Å². The summed E-state index contributed by atoms with van der Waals surface area (Å²) < 4.78 is 0. The highest BCUT2D eigenvalue weighted by atomic mass is 32.1. The Kier molecular flexibility index (Phi) is 5.71. The number of hydrogen-bond donors (Lipinski definition) is 2. The molecule has 3 aromatic heterocycles. The fourth-order valence-corrected chi connectivity index (χ4v) is 4.42. The number of anilines is 3. The van der Waals surface area contributed by atoms with Crippen LogP contribution in [0.1, 0.15) is 24.8 Å². The highest BCUT2D eigenvalue weighted by Gasteiger charge is 2.23. The molecule has 4 rings (SSSR count). The summed E-state index contributed by atoms with van der Waals surface area (Å²) in [6.07, 6.45) is 5.68. The lowest BCUT2D eigenvalue weighted by molar-refractivity contribution is -0.138. The van der Waals surface area contributed by atoms with Crippen LogP contribution in [-0.2, 0) is 4.79 Å². The SMILES string of the molecule is Cc1ccnc(Nc2cccc(-c3cnc(N4CCC(CC(=O)O)CC4)s3)n2)c1. The molecule has 7 nitrogen and oxygen atoms in total. The third-order valence-electron chi connectivity index (χ3n) is 5.01. The summed E-state index contributed by atoms with van der Waals surface area (Å²) >= 11 is 1.62. The summed E-state index contributed by atoms with van der Waals surface area (Å²) in [5, 5.41) is 13.2. The van der Waals surface area contributed by atoms with Crippen LogP contribution in [0.2, 0.25) is 0 Å². The smallest absolute Gasteiger partial charge is 0.303 e. The van der Waals surface area contributed by atoms with E-state index < -0.39 is 5.97 Å². The predicted octanol–water partition coefficient (Wildman–Crippen LogP) is 4.34. The van der Waals surface area contributed by atoms with Crippen molar-refractivity contribution in [2.75, 3.05) is 23.3 Å². The number of hydrogen-bond acceptors (Lipinski definition) is 7. The summed E-state index contributed by atoms with van der Waals surface area (Å²) in [4.78, 5) is 27.8. The van der Waals surface area contributed by atoms with Crippen molar-refractivity contribution >= 4 is 34.1 Å². The van der Waals surface area contributed by atoms with Crippen LogP contribution in [0.15, 0.2) is 42.7 Å². The standard InChI is InChI=1S/C21H23N5O2S/c1-14-5-8-22-19(11-14)25-18-4-2-3-16(24-18)17-13-23-21(29-17)26-9-6-15(7-10-26)12-20(27)28/h2-5,8,11,13,15H,6-7,9-10,12H2,1H3,(H,27,28)(H,22,24,25). The molecule has 1 aliphatic heterocycles. The van der Waals surface area contributed by atoms with Crippen LogP contribution in [0.4, 0.5) is 16.8 Å². The minimum absolute atomic E-state index is 0.260. The summed E-state index contributed by atoms with van der Waals surface area (Å²) in [7, 11) is 0. The van der Waals surface area contributed by atoms with E-state index in [4.69, 9.17) is 10.1 Å². The second kappa shape index (κ2) is 8.57. The van der Waals surface area contributed by atoms with Gasteiger partial charge in [-0.1, -0.05) is 17.4 Å². The number of carbonyl (C=O) groups is 1. The van der Waals surface area contributed by atoms with Gasteiger partial charge in [0, 0.05) is 31.9 Å². The Labute approximate surface area is 173 Å². The first-order chi connectivity index (χ1) is 14.1. The van der Waals surface area contributed by atoms with E-state index in [9.17, 15) is 4.79 Å². The lowest BCUT2D eigenvalue weighted by Crippen LogP contribution is -2.34. The molecular weight excluding hydrogens is 386 g/mol. The van der Waals surface area contributed by atoms with Gasteiger partial charge in [0.05, 0.1) is 10.6 Å². The van der Waals surface area contributed by atoms with Gasteiger partial charge in [-0.15, -0.1) is 0 Å². The van der Waals surface area contributed by atoms with Crippen molar-refractivity contribution in [3.8, 4) is 10.6 Å². The van der Waals surface area contributed by atoms with Crippen LogP contribution < -0.4 is 10.2 Å². The molecule has 0 spiro atoms. The van der Waals surface area contributed by atoms with Gasteiger partial charge < -0.3 is 15.3 Å². The maximum atomic E-state index is 10.9. The van der Waals surface area contributed by atoms with Gasteiger partial charge in [0.1, 0.15) is 11.6 Å². The topological polar surface area (TPSA) is 91.2 Å². The molecule has 0 aliphatic carbocycles. The molecule has 1 aliphatic rings. The number of nitrogens with zero attached hydrogens (tertiary/aromatic N) is 4. The largest absolute Gasteiger partial charge is 0.481 e. The molecule has 150 valence electrons. The van der Waals surface area contributed by atoms with Crippen molar-refractivity contribution in [3.05, 3.63) is 48.3 Å². The average Bonchev–Trinajstić information content (AvgIpc) is 3.19. The van der Waals surface area contributed by atoms with E-state index in [1.54, 1.807) is 17.5 Å². The van der Waals surface area contributed by atoms with Gasteiger partial charge in [0.25, 0.3) is 0 Å². The van der Waals surface area contributed by atoms with Crippen molar-refractivity contribution in [1.29, 1.82) is 0 Å². The zero-order valence-corrected chi connectivity index (χ0v) is 17.0. The quantitative estimate of drug-likeness (QED) is 0.625. The molecule has 0 aromatic carbocycles. The first kappa shape index (κ1) is 19.3. The number of pyridine rings is 2. The number of aromatic nitrogens is 3. The lowest BCUT2D eigenvalue weighted by Gasteiger charge is -2.30. The van der Waals surface area contributed by atoms with Crippen molar-refractivity contribution in [2.45, 2.75) is 26.2 Å². The Morgan fingerprint density at radius 3 is 2.83 bits per heavy atom. The lowest BCUT2D eigenvalue weighted by atomic mass is 9.94. The van der Waals surface area contributed by atoms with Gasteiger partial charge >= 0.3 is 5.97 Å². The molecule has 0 bridgehead atoms. The second-order valence-corrected chi connectivity index (χ2v) is 8.30. The van der Waals surface area contributed by atoms with Crippen LogP contribution in [0.25, 0.3) is 10.6 Å². The molecule has 0 radical (unpaired) electrons. The summed E-state index contributed by atoms with van der Waals surface area (Å²) in [6.45, 7) is 3.72. The monoisotopic (exact) mass is 409 g/mol. The van der Waals surface area contributed by atoms with E-state index in [1.807, 2.05) is 43.5 Å². The van der Waals surface area contributed by atoms with Gasteiger partial charge in [-0.3, -0.25) is 4.79 Å². The number of carboxylic acid groups (broad SMARTS) is 1. The fraction of sp³-hybridized carbons (Fsp3) is 0.333. The van der Waals surface area contributed by atoms with Crippen LogP contribution >= 0.6 is 11.3 Å². The number of carboxylic acids is 1. The van der Waals surface area contributed by atoms with Crippen molar-refractivity contribution in [3.63, 3.8) is 0 Å². The van der Waals surface area contributed by atoms with E-state index >= 15 is 0 Å². The average molecular weight is 410 g/mol. The molecule has 3 aromatic rings. The maximum Gasteiger partial charge on any atom is 0.303 e. The Bertz CT molecular complexity index is 998. The van der Waals surface area contributed by atoms with E-state index in [2.05, 4.69) is 20.2 Å². The van der Waals surface area contributed by atoms with Crippen LogP contribution in [0, 0.1) is 12.8 Å². The molecule has 2 N–H and O–H groups in total. The fourth-order valence-electron chi connectivity index (χ4n) is 3.48. The normalized spacial score (nSPS) is 14.7. The second-order valence-electron chi connectivity index (χ2n) is 7.29. The van der Waals surface area contributed by atoms with Gasteiger partial charge in [-0.2, -0.15) is 0 Å². The van der Waals surface area contributed by atoms with Crippen LogP contribution in [0.3, 0.4) is 0 Å². The number of nitrogens with one attached hydrogen (secondary N) is 1. The van der Waals surface area contributed by atoms with Crippen molar-refractivity contribution in [2.24, 2.45) is 5.92 Å². The number of thiazole rings is 1. The number of aliphatic carboxylic acids is 1. The zero-order valence-electron chi connectivity index (χ0n) is 16.2. The van der Waals surface area contributed by atoms with E-state index in [1.165, 1.54) is 0 Å². The minimum atomic E-state index is -0.708. The third kappa shape index (κ3) is 4.89. The summed E-state index contributed by atoms with van der Waals surface area (Å²) in [6, 6.07) is 9.80. The molecular formula is C21H23N5O2S. The van der Waals surface area contributed by atoms with Crippen molar-refractivity contribution < 1.29 is 9.90 Å². The Hall–Kier alpha value is -3.00. The molecule has 29 heavy (non-hydrogen) atoms. The van der Waals surface area contributed by atoms with E-state index in [0.29, 0.717) is 0 Å². The Morgan fingerprint density at radius 1 is 1.24 bits per heavy atom. The van der Waals surface area contributed by atoms with Gasteiger partial charge in [-0.25, -0.2) is 15.0 Å². The number of piperidine rings is 1. The molecule has 0 atom stereocenters. The maximum absolute atomic E-state index is 10.9. The van der Waals surface area contributed by atoms with Crippen LogP contribution in [0.5, 0.6) is 0 Å². The van der Waals surface area contributed by atoms with Gasteiger partial charge in [-0.05, 0) is 55.5 Å². The molecule has 0 amide bonds. The highest BCUT2D eigenvalue weighted by Crippen LogP contribution is 2.33. The van der Waals surface area contributed by atoms with Crippen molar-refractivity contribution in [1.82, 2.24) is 15.0 Å². The first-order valence-corrected chi connectivity index (χ1v) is 10.5. The molecule has 0 unspecified atom stereocenters. The molecule has 8 heteroatoms. The molecule has 0 saturated carbocycles. The van der Waals surface area contributed by atoms with Gasteiger partial charge in [0.15, 0.2) is 5.13 Å². The summed E-state index contributed by atoms with van der Waals surface area (Å²) in [5.74, 6) is 1.07. The number of aryl methyl sites for hydroxylation is 1. The zero-order chi connectivity index (χ0) is 20.2. The highest BCUT2D eigenvalue weighted by molar-refractivity contribution is 7.18. The van der Waals surface area contributed by atoms with Gasteiger partial charge in [0.2, 0.25) is 0 Å². The minimum Gasteiger partial charge on any atom is -0.481 e. The number of rotatable bonds is 6. The third-order valence-corrected chi connectivity index (χ3v) is 6.10. The Morgan fingerprint density at radius 2 is 2.07 bits per heavy atom. The predicted molar refractivity (Wildman–Crippen MR) is 115 cm³/mol. The van der Waals surface area contributed by atoms with Crippen LogP contribution in [-0.4, -0.2) is 39.1 Å². The Balaban J connectivity index is 1.44. The summed E-state index contributed by atoms with van der Waals surface area (Å²) in [5.41, 5.74) is 2.00. The molecule has 1 fully saturated rings. The molecule has 4 heterocycles. The molecule has 1 saturated heterocycles. The van der Waals surface area contributed by atoms with E-state index in [0.717, 1.165) is 58.8 Å².